The molecule has 144 valence electrons. The molecule has 7 heteroatoms. The first-order chi connectivity index (χ1) is 13.0. The van der Waals surface area contributed by atoms with E-state index in [1.165, 1.54) is 26.7 Å². The zero-order chi connectivity index (χ0) is 19.4. The Bertz CT molecular complexity index is 830. The fraction of sp³-hybridized carbons (Fsp3) is 0.400. The number of amides is 2. The number of thiophene rings is 1. The third kappa shape index (κ3) is 4.91. The van der Waals surface area contributed by atoms with Gasteiger partial charge >= 0.3 is 0 Å². The number of thioether (sulfide) groups is 1. The molecule has 1 heterocycles. The van der Waals surface area contributed by atoms with Crippen molar-refractivity contribution in [3.8, 4) is 0 Å². The molecule has 1 aromatic carbocycles. The molecule has 2 amide bonds. The Morgan fingerprint density at radius 1 is 1.22 bits per heavy atom. The van der Waals surface area contributed by atoms with Gasteiger partial charge in [-0.2, -0.15) is 0 Å². The highest BCUT2D eigenvalue weighted by Crippen LogP contribution is 2.37. The largest absolute Gasteiger partial charge is 0.365 e. The maximum atomic E-state index is 12.5. The highest BCUT2D eigenvalue weighted by molar-refractivity contribution is 7.98. The number of rotatable bonds is 7. The molecular formula is C20H26N3O2S2+. The Morgan fingerprint density at radius 2 is 1.93 bits per heavy atom. The molecule has 5 nitrogen and oxygen atoms in total. The average molecular weight is 405 g/mol. The summed E-state index contributed by atoms with van der Waals surface area (Å²) in [5.41, 5.74) is 8.36. The van der Waals surface area contributed by atoms with Crippen LogP contribution in [-0.4, -0.2) is 31.7 Å². The van der Waals surface area contributed by atoms with Crippen LogP contribution >= 0.6 is 23.1 Å². The number of quaternary nitrogens is 1. The van der Waals surface area contributed by atoms with Crippen LogP contribution in [0, 0.1) is 0 Å². The van der Waals surface area contributed by atoms with E-state index >= 15 is 0 Å². The van der Waals surface area contributed by atoms with Crippen molar-refractivity contribution in [2.45, 2.75) is 37.1 Å². The van der Waals surface area contributed by atoms with Gasteiger partial charge in [0.2, 0.25) is 0 Å². The minimum absolute atomic E-state index is 0.0886. The summed E-state index contributed by atoms with van der Waals surface area (Å²) in [5, 5.41) is 3.56. The van der Waals surface area contributed by atoms with Crippen LogP contribution in [0.1, 0.15) is 39.2 Å². The standard InChI is InChI=1S/C20H25N3O2S2/c1-23(11-13-7-9-14(26-2)10-8-13)12-17(24)22-20-18(19(21)25)15-5-3-4-6-16(15)27-20/h7-10H,3-6,11-12H2,1-2H3,(H2,21,25)(H,22,24)/p+1. The molecule has 0 fully saturated rings. The Hall–Kier alpha value is -1.83. The lowest BCUT2D eigenvalue weighted by atomic mass is 9.95. The maximum Gasteiger partial charge on any atom is 0.280 e. The number of nitrogens with two attached hydrogens (primary N) is 1. The zero-order valence-electron chi connectivity index (χ0n) is 15.8. The summed E-state index contributed by atoms with van der Waals surface area (Å²) in [7, 11) is 2.00. The predicted octanol–water partition coefficient (Wildman–Crippen LogP) is 2.10. The second-order valence-corrected chi connectivity index (χ2v) is 8.97. The number of nitrogens with one attached hydrogen (secondary N) is 2. The van der Waals surface area contributed by atoms with Crippen LogP contribution in [0.25, 0.3) is 0 Å². The fourth-order valence-corrected chi connectivity index (χ4v) is 5.23. The van der Waals surface area contributed by atoms with E-state index in [2.05, 4.69) is 35.8 Å². The number of aryl methyl sites for hydroxylation is 1. The van der Waals surface area contributed by atoms with Crippen molar-refractivity contribution in [1.29, 1.82) is 0 Å². The molecule has 1 aromatic heterocycles. The van der Waals surface area contributed by atoms with Crippen molar-refractivity contribution in [1.82, 2.24) is 0 Å². The molecule has 1 aliphatic rings. The van der Waals surface area contributed by atoms with E-state index in [9.17, 15) is 9.59 Å². The van der Waals surface area contributed by atoms with Gasteiger partial charge in [-0.25, -0.2) is 0 Å². The lowest BCUT2D eigenvalue weighted by molar-refractivity contribution is -0.885. The van der Waals surface area contributed by atoms with E-state index in [0.29, 0.717) is 17.1 Å². The summed E-state index contributed by atoms with van der Waals surface area (Å²) >= 11 is 3.22. The SMILES string of the molecule is CSc1ccc(C[NH+](C)CC(=O)Nc2sc3c(c2C(N)=O)CCCC3)cc1. The van der Waals surface area contributed by atoms with Gasteiger partial charge in [0, 0.05) is 15.3 Å². The molecule has 0 bridgehead atoms. The molecule has 4 N–H and O–H groups in total. The number of hydrogen-bond acceptors (Lipinski definition) is 4. The van der Waals surface area contributed by atoms with E-state index in [1.54, 1.807) is 11.8 Å². The van der Waals surface area contributed by atoms with Gasteiger partial charge in [0.1, 0.15) is 11.5 Å². The van der Waals surface area contributed by atoms with Crippen LogP contribution in [0.15, 0.2) is 29.2 Å². The summed E-state index contributed by atoms with van der Waals surface area (Å²) in [6.45, 7) is 1.11. The Balaban J connectivity index is 1.63. The van der Waals surface area contributed by atoms with E-state index < -0.39 is 5.91 Å². The number of primary amides is 1. The number of benzene rings is 1. The van der Waals surface area contributed by atoms with Crippen LogP contribution in [-0.2, 0) is 24.2 Å². The molecule has 1 atom stereocenters. The average Bonchev–Trinajstić information content (AvgIpc) is 2.99. The van der Waals surface area contributed by atoms with Crippen molar-refractivity contribution in [3.63, 3.8) is 0 Å². The molecule has 0 saturated heterocycles. The third-order valence-electron chi connectivity index (χ3n) is 4.80. The molecule has 1 unspecified atom stereocenters. The lowest BCUT2D eigenvalue weighted by Gasteiger charge is -2.14. The highest BCUT2D eigenvalue weighted by atomic mass is 32.2. The topological polar surface area (TPSA) is 76.6 Å². The summed E-state index contributed by atoms with van der Waals surface area (Å²) in [6.07, 6.45) is 6.09. The summed E-state index contributed by atoms with van der Waals surface area (Å²) < 4.78 is 0. The molecule has 1 aliphatic carbocycles. The Morgan fingerprint density at radius 3 is 2.59 bits per heavy atom. The van der Waals surface area contributed by atoms with E-state index in [0.717, 1.165) is 42.7 Å². The van der Waals surface area contributed by atoms with Crippen molar-refractivity contribution in [2.75, 3.05) is 25.2 Å². The summed E-state index contributed by atoms with van der Waals surface area (Å²) in [5.74, 6) is -0.534. The predicted molar refractivity (Wildman–Crippen MR) is 112 cm³/mol. The van der Waals surface area contributed by atoms with E-state index in [4.69, 9.17) is 5.73 Å². The van der Waals surface area contributed by atoms with Crippen LogP contribution in [0.4, 0.5) is 5.00 Å². The molecule has 0 radical (unpaired) electrons. The molecule has 0 aliphatic heterocycles. The minimum Gasteiger partial charge on any atom is -0.365 e. The molecular weight excluding hydrogens is 378 g/mol. The second kappa shape index (κ2) is 8.91. The summed E-state index contributed by atoms with van der Waals surface area (Å²) in [4.78, 5) is 28.0. The number of anilines is 1. The lowest BCUT2D eigenvalue weighted by Crippen LogP contribution is -3.08. The minimum atomic E-state index is -0.445. The van der Waals surface area contributed by atoms with Crippen molar-refractivity contribution >= 4 is 39.9 Å². The van der Waals surface area contributed by atoms with Crippen molar-refractivity contribution < 1.29 is 14.5 Å². The van der Waals surface area contributed by atoms with Gasteiger partial charge in [-0.3, -0.25) is 9.59 Å². The van der Waals surface area contributed by atoms with Crippen LogP contribution < -0.4 is 16.0 Å². The third-order valence-corrected chi connectivity index (χ3v) is 6.75. The fourth-order valence-electron chi connectivity index (χ4n) is 3.51. The van der Waals surface area contributed by atoms with Gasteiger partial charge in [-0.15, -0.1) is 23.1 Å². The Kier molecular flexibility index (Phi) is 6.57. The highest BCUT2D eigenvalue weighted by Gasteiger charge is 2.25. The number of likely N-dealkylation sites (N-methyl/N-ethyl adjacent to an activating group) is 1. The maximum absolute atomic E-state index is 12.5. The first-order valence-corrected chi connectivity index (χ1v) is 11.2. The smallest absolute Gasteiger partial charge is 0.280 e. The number of carbonyl (C=O) groups excluding carboxylic acids is 2. The number of carbonyl (C=O) groups is 2. The van der Waals surface area contributed by atoms with Crippen LogP contribution in [0.5, 0.6) is 0 Å². The quantitative estimate of drug-likeness (QED) is 0.619. The van der Waals surface area contributed by atoms with Crippen molar-refractivity contribution in [3.05, 3.63) is 45.8 Å². The molecule has 3 rings (SSSR count). The molecule has 0 spiro atoms. The van der Waals surface area contributed by atoms with Gasteiger partial charge in [0.25, 0.3) is 11.8 Å². The Labute approximate surface area is 168 Å². The van der Waals surface area contributed by atoms with E-state index in [-0.39, 0.29) is 5.91 Å². The van der Waals surface area contributed by atoms with Gasteiger partial charge in [0.05, 0.1) is 12.6 Å². The summed E-state index contributed by atoms with van der Waals surface area (Å²) in [6, 6.07) is 8.41. The van der Waals surface area contributed by atoms with Crippen LogP contribution in [0.2, 0.25) is 0 Å². The van der Waals surface area contributed by atoms with Gasteiger partial charge in [-0.05, 0) is 49.6 Å². The molecule has 2 aromatic rings. The van der Waals surface area contributed by atoms with Gasteiger partial charge < -0.3 is 16.0 Å². The molecule has 27 heavy (non-hydrogen) atoms. The van der Waals surface area contributed by atoms with Crippen molar-refractivity contribution in [2.24, 2.45) is 5.73 Å². The monoisotopic (exact) mass is 404 g/mol. The first kappa shape index (κ1) is 19.9. The number of hydrogen-bond donors (Lipinski definition) is 3. The molecule has 0 saturated carbocycles. The second-order valence-electron chi connectivity index (χ2n) is 6.99. The van der Waals surface area contributed by atoms with E-state index in [1.807, 2.05) is 7.05 Å². The normalized spacial score (nSPS) is 14.4. The van der Waals surface area contributed by atoms with Crippen LogP contribution in [0.3, 0.4) is 0 Å². The van der Waals surface area contributed by atoms with Gasteiger partial charge in [-0.1, -0.05) is 12.1 Å². The van der Waals surface area contributed by atoms with Gasteiger partial charge in [0.15, 0.2) is 6.54 Å². The number of fused-ring (bicyclic) bond motifs is 1. The zero-order valence-corrected chi connectivity index (χ0v) is 17.4. The first-order valence-electron chi connectivity index (χ1n) is 9.16.